The number of amides is 3. The first kappa shape index (κ1) is 19.9. The Bertz CT molecular complexity index is 989. The second kappa shape index (κ2) is 9.41. The molecule has 0 radical (unpaired) electrons. The highest BCUT2D eigenvalue weighted by molar-refractivity contribution is 6.00. The predicted molar refractivity (Wildman–Crippen MR) is 115 cm³/mol. The molecule has 0 fully saturated rings. The number of ether oxygens (including phenoxy) is 1. The number of benzene rings is 3. The second-order valence-electron chi connectivity index (χ2n) is 6.59. The molecule has 6 heteroatoms. The van der Waals surface area contributed by atoms with E-state index in [0.717, 1.165) is 5.56 Å². The fourth-order valence-electron chi connectivity index (χ4n) is 2.68. The van der Waals surface area contributed by atoms with Crippen molar-refractivity contribution in [3.63, 3.8) is 0 Å². The number of rotatable bonds is 6. The molecule has 0 spiro atoms. The Morgan fingerprint density at radius 2 is 1.38 bits per heavy atom. The Kier molecular flexibility index (Phi) is 6.47. The first-order valence-electron chi connectivity index (χ1n) is 9.27. The van der Waals surface area contributed by atoms with Gasteiger partial charge < -0.3 is 20.7 Å². The summed E-state index contributed by atoms with van der Waals surface area (Å²) in [6.07, 6.45) is -0.671. The Labute approximate surface area is 169 Å². The second-order valence-corrected chi connectivity index (χ2v) is 6.59. The number of nitrogens with one attached hydrogen (secondary N) is 3. The Balaban J connectivity index is 1.57. The van der Waals surface area contributed by atoms with E-state index in [2.05, 4.69) is 16.0 Å². The minimum Gasteiger partial charge on any atom is -0.481 e. The van der Waals surface area contributed by atoms with Gasteiger partial charge in [0, 0.05) is 17.1 Å². The topological polar surface area (TPSA) is 79.5 Å². The van der Waals surface area contributed by atoms with Crippen LogP contribution in [0.3, 0.4) is 0 Å². The molecule has 0 aliphatic heterocycles. The summed E-state index contributed by atoms with van der Waals surface area (Å²) in [5.41, 5.74) is 2.87. The maximum Gasteiger partial charge on any atom is 0.323 e. The smallest absolute Gasteiger partial charge is 0.323 e. The van der Waals surface area contributed by atoms with Crippen LogP contribution in [0, 0.1) is 6.92 Å². The molecule has 1 atom stereocenters. The van der Waals surface area contributed by atoms with Crippen LogP contribution in [0.25, 0.3) is 0 Å². The van der Waals surface area contributed by atoms with Gasteiger partial charge in [0.15, 0.2) is 6.10 Å². The van der Waals surface area contributed by atoms with Crippen molar-refractivity contribution in [2.24, 2.45) is 0 Å². The summed E-state index contributed by atoms with van der Waals surface area (Å²) in [5.74, 6) is 0.359. The van der Waals surface area contributed by atoms with Crippen LogP contribution < -0.4 is 20.7 Å². The fourth-order valence-corrected chi connectivity index (χ4v) is 2.68. The van der Waals surface area contributed by atoms with Crippen LogP contribution in [-0.4, -0.2) is 18.0 Å². The summed E-state index contributed by atoms with van der Waals surface area (Å²) < 4.78 is 5.70. The molecule has 3 amide bonds. The Morgan fingerprint density at radius 3 is 2.10 bits per heavy atom. The molecular formula is C23H23N3O3. The van der Waals surface area contributed by atoms with Crippen LogP contribution >= 0.6 is 0 Å². The zero-order valence-electron chi connectivity index (χ0n) is 16.3. The number of para-hydroxylation sites is 1. The van der Waals surface area contributed by atoms with E-state index in [1.807, 2.05) is 49.4 Å². The summed E-state index contributed by atoms with van der Waals surface area (Å²) in [5, 5.41) is 8.29. The van der Waals surface area contributed by atoms with Crippen LogP contribution in [-0.2, 0) is 4.79 Å². The molecule has 148 valence electrons. The number of anilines is 3. The number of carbonyl (C=O) groups excluding carboxylic acids is 2. The lowest BCUT2D eigenvalue weighted by molar-refractivity contribution is -0.122. The summed E-state index contributed by atoms with van der Waals surface area (Å²) in [6.45, 7) is 3.65. The SMILES string of the molecule is Cc1cccc(OC(C)C(=O)Nc2cccc(NC(=O)Nc3ccccc3)c2)c1. The van der Waals surface area contributed by atoms with Gasteiger partial charge in [-0.3, -0.25) is 4.79 Å². The molecule has 0 saturated heterocycles. The van der Waals surface area contributed by atoms with Crippen molar-refractivity contribution in [2.75, 3.05) is 16.0 Å². The van der Waals surface area contributed by atoms with Gasteiger partial charge in [-0.15, -0.1) is 0 Å². The van der Waals surface area contributed by atoms with Crippen molar-refractivity contribution in [1.82, 2.24) is 0 Å². The standard InChI is InChI=1S/C23H23N3O3/c1-16-8-6-13-21(14-16)29-17(2)22(27)24-19-11-7-12-20(15-19)26-23(28)25-18-9-4-3-5-10-18/h3-15,17H,1-2H3,(H,24,27)(H2,25,26,28). The zero-order valence-corrected chi connectivity index (χ0v) is 16.3. The molecule has 0 aliphatic rings. The molecule has 0 bridgehead atoms. The van der Waals surface area contributed by atoms with Gasteiger partial charge in [0.2, 0.25) is 0 Å². The lowest BCUT2D eigenvalue weighted by Crippen LogP contribution is -2.30. The van der Waals surface area contributed by atoms with Crippen LogP contribution in [0.2, 0.25) is 0 Å². The number of urea groups is 1. The molecule has 29 heavy (non-hydrogen) atoms. The van der Waals surface area contributed by atoms with Gasteiger partial charge in [-0.25, -0.2) is 4.79 Å². The van der Waals surface area contributed by atoms with Crippen molar-refractivity contribution >= 4 is 29.0 Å². The largest absolute Gasteiger partial charge is 0.481 e. The molecule has 0 heterocycles. The molecule has 6 nitrogen and oxygen atoms in total. The third-order valence-corrected chi connectivity index (χ3v) is 4.09. The molecule has 0 aromatic heterocycles. The molecule has 3 rings (SSSR count). The van der Waals surface area contributed by atoms with E-state index in [1.54, 1.807) is 43.3 Å². The zero-order chi connectivity index (χ0) is 20.6. The highest BCUT2D eigenvalue weighted by atomic mass is 16.5. The first-order valence-corrected chi connectivity index (χ1v) is 9.27. The number of hydrogen-bond donors (Lipinski definition) is 3. The molecule has 0 aliphatic carbocycles. The van der Waals surface area contributed by atoms with E-state index in [-0.39, 0.29) is 11.9 Å². The van der Waals surface area contributed by atoms with Crippen LogP contribution in [0.5, 0.6) is 5.75 Å². The van der Waals surface area contributed by atoms with Crippen molar-refractivity contribution in [3.8, 4) is 5.75 Å². The van der Waals surface area contributed by atoms with Gasteiger partial charge in [-0.2, -0.15) is 0 Å². The Morgan fingerprint density at radius 1 is 0.759 bits per heavy atom. The van der Waals surface area contributed by atoms with Gasteiger partial charge in [0.1, 0.15) is 5.75 Å². The van der Waals surface area contributed by atoms with Gasteiger partial charge in [0.25, 0.3) is 5.91 Å². The fraction of sp³-hybridized carbons (Fsp3) is 0.130. The van der Waals surface area contributed by atoms with Crippen LogP contribution in [0.15, 0.2) is 78.9 Å². The predicted octanol–water partition coefficient (Wildman–Crippen LogP) is 5.05. The van der Waals surface area contributed by atoms with E-state index in [9.17, 15) is 9.59 Å². The van der Waals surface area contributed by atoms with E-state index < -0.39 is 6.10 Å². The maximum absolute atomic E-state index is 12.4. The van der Waals surface area contributed by atoms with Crippen LogP contribution in [0.1, 0.15) is 12.5 Å². The summed E-state index contributed by atoms with van der Waals surface area (Å²) in [7, 11) is 0. The van der Waals surface area contributed by atoms with E-state index >= 15 is 0 Å². The van der Waals surface area contributed by atoms with Gasteiger partial charge in [-0.1, -0.05) is 36.4 Å². The van der Waals surface area contributed by atoms with E-state index in [4.69, 9.17) is 4.74 Å². The molecule has 0 saturated carbocycles. The number of carbonyl (C=O) groups is 2. The first-order chi connectivity index (χ1) is 14.0. The number of hydrogen-bond acceptors (Lipinski definition) is 3. The highest BCUT2D eigenvalue weighted by Crippen LogP contribution is 2.18. The quantitative estimate of drug-likeness (QED) is 0.552. The normalized spacial score (nSPS) is 11.2. The summed E-state index contributed by atoms with van der Waals surface area (Å²) >= 11 is 0. The van der Waals surface area contributed by atoms with Crippen molar-refractivity contribution in [1.29, 1.82) is 0 Å². The molecular weight excluding hydrogens is 366 g/mol. The number of aryl methyl sites for hydroxylation is 1. The lowest BCUT2D eigenvalue weighted by atomic mass is 10.2. The van der Waals surface area contributed by atoms with Crippen molar-refractivity contribution in [2.45, 2.75) is 20.0 Å². The molecule has 3 N–H and O–H groups in total. The average Bonchev–Trinajstić information content (AvgIpc) is 2.69. The summed E-state index contributed by atoms with van der Waals surface area (Å²) in [6, 6.07) is 23.2. The van der Waals surface area contributed by atoms with Crippen molar-refractivity contribution < 1.29 is 14.3 Å². The van der Waals surface area contributed by atoms with Crippen LogP contribution in [0.4, 0.5) is 21.9 Å². The van der Waals surface area contributed by atoms with E-state index in [1.165, 1.54) is 0 Å². The lowest BCUT2D eigenvalue weighted by Gasteiger charge is -2.15. The molecule has 3 aromatic carbocycles. The summed E-state index contributed by atoms with van der Waals surface area (Å²) in [4.78, 5) is 24.6. The third kappa shape index (κ3) is 6.10. The van der Waals surface area contributed by atoms with Crippen molar-refractivity contribution in [3.05, 3.63) is 84.4 Å². The Hall–Kier alpha value is -3.80. The highest BCUT2D eigenvalue weighted by Gasteiger charge is 2.15. The minimum absolute atomic E-state index is 0.280. The monoisotopic (exact) mass is 389 g/mol. The van der Waals surface area contributed by atoms with Gasteiger partial charge in [0.05, 0.1) is 0 Å². The third-order valence-electron chi connectivity index (χ3n) is 4.09. The molecule has 3 aromatic rings. The maximum atomic E-state index is 12.4. The van der Waals surface area contributed by atoms with Gasteiger partial charge >= 0.3 is 6.03 Å². The molecule has 1 unspecified atom stereocenters. The van der Waals surface area contributed by atoms with Gasteiger partial charge in [-0.05, 0) is 61.9 Å². The van der Waals surface area contributed by atoms with E-state index in [0.29, 0.717) is 22.8 Å². The minimum atomic E-state index is -0.671. The average molecular weight is 389 g/mol.